The van der Waals surface area contributed by atoms with Gasteiger partial charge in [-0.05, 0) is 32.8 Å². The van der Waals surface area contributed by atoms with E-state index in [1.54, 1.807) is 0 Å². The quantitative estimate of drug-likeness (QED) is 0.870. The second-order valence-electron chi connectivity index (χ2n) is 5.36. The highest BCUT2D eigenvalue weighted by atomic mass is 35.5. The van der Waals surface area contributed by atoms with Crippen molar-refractivity contribution in [2.45, 2.75) is 51.7 Å². The molecule has 1 fully saturated rings. The molecular formula is C14H21Cl2N3. The molecule has 0 radical (unpaired) electrons. The van der Waals surface area contributed by atoms with Crippen LogP contribution in [0.1, 0.15) is 37.4 Å². The van der Waals surface area contributed by atoms with Crippen LogP contribution in [0.25, 0.3) is 0 Å². The molecule has 0 amide bonds. The predicted octanol–water partition coefficient (Wildman–Crippen LogP) is 3.40. The van der Waals surface area contributed by atoms with Crippen molar-refractivity contribution in [3.63, 3.8) is 0 Å². The lowest BCUT2D eigenvalue weighted by molar-refractivity contribution is 0.0892. The fourth-order valence-electron chi connectivity index (χ4n) is 2.83. The Balaban J connectivity index is 2.23. The number of hydrogen-bond donors (Lipinski definition) is 1. The smallest absolute Gasteiger partial charge is 0.135 e. The Bertz CT molecular complexity index is 427. The van der Waals surface area contributed by atoms with E-state index in [9.17, 15) is 0 Å². The largest absolute Gasteiger partial charge is 0.329 e. The van der Waals surface area contributed by atoms with Crippen LogP contribution in [-0.4, -0.2) is 28.5 Å². The normalized spacial score (nSPS) is 24.7. The molecule has 19 heavy (non-hydrogen) atoms. The van der Waals surface area contributed by atoms with E-state index in [2.05, 4.69) is 16.8 Å². The Hall–Kier alpha value is -0.350. The standard InChI is InChI=1S/C14H21Cl2N3/c1-9-6-13(15)12(14(16)18-9)8-19-10(2)4-3-5-11(19)7-17/h6,10-11H,3-5,7-8,17H2,1-2H3. The van der Waals surface area contributed by atoms with Gasteiger partial charge in [-0.1, -0.05) is 29.6 Å². The molecule has 0 bridgehead atoms. The first kappa shape index (κ1) is 15.0. The number of pyridine rings is 1. The number of likely N-dealkylation sites (tertiary alicyclic amines) is 1. The Morgan fingerprint density at radius 3 is 2.79 bits per heavy atom. The van der Waals surface area contributed by atoms with E-state index >= 15 is 0 Å². The molecule has 106 valence electrons. The second kappa shape index (κ2) is 6.40. The number of rotatable bonds is 3. The van der Waals surface area contributed by atoms with Crippen LogP contribution in [-0.2, 0) is 6.54 Å². The molecule has 1 aliphatic rings. The lowest BCUT2D eigenvalue weighted by Crippen LogP contribution is -2.48. The first-order chi connectivity index (χ1) is 9.02. The fourth-order valence-corrected chi connectivity index (χ4v) is 3.48. The number of aryl methyl sites for hydroxylation is 1. The van der Waals surface area contributed by atoms with E-state index in [0.29, 0.717) is 28.8 Å². The van der Waals surface area contributed by atoms with Crippen LogP contribution in [0.15, 0.2) is 6.07 Å². The summed E-state index contributed by atoms with van der Waals surface area (Å²) in [5, 5.41) is 1.21. The Kier molecular flexibility index (Phi) is 5.07. The molecule has 1 saturated heterocycles. The molecule has 2 unspecified atom stereocenters. The zero-order chi connectivity index (χ0) is 14.0. The zero-order valence-electron chi connectivity index (χ0n) is 11.5. The van der Waals surface area contributed by atoms with Crippen molar-refractivity contribution >= 4 is 23.2 Å². The number of halogens is 2. The molecule has 5 heteroatoms. The van der Waals surface area contributed by atoms with Crippen LogP contribution in [0.4, 0.5) is 0 Å². The van der Waals surface area contributed by atoms with E-state index in [1.807, 2.05) is 13.0 Å². The summed E-state index contributed by atoms with van der Waals surface area (Å²) in [6.07, 6.45) is 3.59. The number of hydrogen-bond acceptors (Lipinski definition) is 3. The van der Waals surface area contributed by atoms with E-state index in [1.165, 1.54) is 12.8 Å². The van der Waals surface area contributed by atoms with Gasteiger partial charge >= 0.3 is 0 Å². The molecule has 0 spiro atoms. The molecule has 3 nitrogen and oxygen atoms in total. The Morgan fingerprint density at radius 1 is 1.42 bits per heavy atom. The maximum Gasteiger partial charge on any atom is 0.135 e. The summed E-state index contributed by atoms with van der Waals surface area (Å²) in [7, 11) is 0. The van der Waals surface area contributed by atoms with Gasteiger partial charge in [-0.2, -0.15) is 0 Å². The van der Waals surface area contributed by atoms with Gasteiger partial charge in [-0.25, -0.2) is 4.98 Å². The minimum absolute atomic E-state index is 0.414. The van der Waals surface area contributed by atoms with Crippen molar-refractivity contribution in [3.05, 3.63) is 27.5 Å². The van der Waals surface area contributed by atoms with Crippen molar-refractivity contribution in [1.29, 1.82) is 0 Å². The number of piperidine rings is 1. The molecule has 2 heterocycles. The van der Waals surface area contributed by atoms with Crippen molar-refractivity contribution in [3.8, 4) is 0 Å². The highest BCUT2D eigenvalue weighted by Crippen LogP contribution is 2.30. The first-order valence-electron chi connectivity index (χ1n) is 6.80. The van der Waals surface area contributed by atoms with Crippen molar-refractivity contribution in [1.82, 2.24) is 9.88 Å². The monoisotopic (exact) mass is 301 g/mol. The summed E-state index contributed by atoms with van der Waals surface area (Å²) in [5.41, 5.74) is 7.65. The first-order valence-corrected chi connectivity index (χ1v) is 7.55. The van der Waals surface area contributed by atoms with Gasteiger partial charge in [0, 0.05) is 41.5 Å². The average molecular weight is 302 g/mol. The summed E-state index contributed by atoms with van der Waals surface area (Å²) in [6.45, 7) is 5.55. The highest BCUT2D eigenvalue weighted by Gasteiger charge is 2.28. The van der Waals surface area contributed by atoms with E-state index in [4.69, 9.17) is 28.9 Å². The predicted molar refractivity (Wildman–Crippen MR) is 80.7 cm³/mol. The highest BCUT2D eigenvalue weighted by molar-refractivity contribution is 6.35. The molecule has 1 aromatic heterocycles. The third-order valence-corrected chi connectivity index (χ3v) is 4.60. The molecule has 1 aromatic rings. The molecule has 0 aliphatic carbocycles. The average Bonchev–Trinajstić information content (AvgIpc) is 2.34. The van der Waals surface area contributed by atoms with Crippen LogP contribution in [0, 0.1) is 6.92 Å². The van der Waals surface area contributed by atoms with E-state index in [0.717, 1.165) is 24.2 Å². The molecule has 2 N–H and O–H groups in total. The SMILES string of the molecule is Cc1cc(Cl)c(CN2C(C)CCCC2CN)c(Cl)n1. The van der Waals surface area contributed by atoms with Crippen LogP contribution >= 0.6 is 23.2 Å². The van der Waals surface area contributed by atoms with Crippen molar-refractivity contribution in [2.24, 2.45) is 5.73 Å². The van der Waals surface area contributed by atoms with Crippen LogP contribution in [0.5, 0.6) is 0 Å². The Morgan fingerprint density at radius 2 is 2.16 bits per heavy atom. The maximum absolute atomic E-state index is 6.31. The molecule has 0 aromatic carbocycles. The van der Waals surface area contributed by atoms with Gasteiger partial charge in [-0.3, -0.25) is 4.90 Å². The second-order valence-corrected chi connectivity index (χ2v) is 6.12. The van der Waals surface area contributed by atoms with E-state index in [-0.39, 0.29) is 0 Å². The lowest BCUT2D eigenvalue weighted by atomic mass is 9.96. The summed E-state index contributed by atoms with van der Waals surface area (Å²) in [6, 6.07) is 2.79. The summed E-state index contributed by atoms with van der Waals surface area (Å²) in [4.78, 5) is 6.71. The molecule has 1 aliphatic heterocycles. The molecule has 2 atom stereocenters. The van der Waals surface area contributed by atoms with Gasteiger partial charge in [0.1, 0.15) is 5.15 Å². The van der Waals surface area contributed by atoms with Gasteiger partial charge in [0.15, 0.2) is 0 Å². The third kappa shape index (κ3) is 3.40. The van der Waals surface area contributed by atoms with Gasteiger partial charge < -0.3 is 5.73 Å². The van der Waals surface area contributed by atoms with E-state index < -0.39 is 0 Å². The summed E-state index contributed by atoms with van der Waals surface area (Å²) < 4.78 is 0. The summed E-state index contributed by atoms with van der Waals surface area (Å²) in [5.74, 6) is 0. The summed E-state index contributed by atoms with van der Waals surface area (Å²) >= 11 is 12.5. The fraction of sp³-hybridized carbons (Fsp3) is 0.643. The van der Waals surface area contributed by atoms with Gasteiger partial charge in [0.25, 0.3) is 0 Å². The van der Waals surface area contributed by atoms with Gasteiger partial charge in [0.2, 0.25) is 0 Å². The van der Waals surface area contributed by atoms with Crippen molar-refractivity contribution in [2.75, 3.05) is 6.54 Å². The minimum atomic E-state index is 0.414. The minimum Gasteiger partial charge on any atom is -0.329 e. The topological polar surface area (TPSA) is 42.1 Å². The molecule has 2 rings (SSSR count). The molecule has 0 saturated carbocycles. The number of nitrogens with zero attached hydrogens (tertiary/aromatic N) is 2. The van der Waals surface area contributed by atoms with Crippen LogP contribution in [0.2, 0.25) is 10.2 Å². The van der Waals surface area contributed by atoms with Crippen LogP contribution < -0.4 is 5.73 Å². The van der Waals surface area contributed by atoms with Gasteiger partial charge in [-0.15, -0.1) is 0 Å². The lowest BCUT2D eigenvalue weighted by Gasteiger charge is -2.40. The maximum atomic E-state index is 6.31. The number of aromatic nitrogens is 1. The molecular weight excluding hydrogens is 281 g/mol. The van der Waals surface area contributed by atoms with Crippen molar-refractivity contribution < 1.29 is 0 Å². The zero-order valence-corrected chi connectivity index (χ0v) is 13.0. The third-order valence-electron chi connectivity index (χ3n) is 3.95. The van der Waals surface area contributed by atoms with Gasteiger partial charge in [0.05, 0.1) is 0 Å². The Labute approximate surface area is 125 Å². The number of nitrogens with two attached hydrogens (primary N) is 1. The van der Waals surface area contributed by atoms with Crippen LogP contribution in [0.3, 0.4) is 0 Å².